The predicted octanol–water partition coefficient (Wildman–Crippen LogP) is 2.48. The Bertz CT molecular complexity index is 1260. The van der Waals surface area contributed by atoms with Crippen molar-refractivity contribution >= 4 is 10.9 Å². The van der Waals surface area contributed by atoms with Gasteiger partial charge < -0.3 is 4.74 Å². The molecule has 0 spiro atoms. The minimum Gasteiger partial charge on any atom is -0.467 e. The summed E-state index contributed by atoms with van der Waals surface area (Å²) >= 11 is 0. The summed E-state index contributed by atoms with van der Waals surface area (Å²) in [5, 5.41) is 8.67. The van der Waals surface area contributed by atoms with Crippen LogP contribution in [0.4, 0.5) is 17.6 Å². The maximum Gasteiger partial charge on any atom is 0.406 e. The number of fused-ring (bicyclic) bond motifs is 1. The van der Waals surface area contributed by atoms with E-state index in [0.29, 0.717) is 21.2 Å². The van der Waals surface area contributed by atoms with Gasteiger partial charge in [-0.2, -0.15) is 23.0 Å². The van der Waals surface area contributed by atoms with Gasteiger partial charge in [0.1, 0.15) is 12.4 Å². The summed E-state index contributed by atoms with van der Waals surface area (Å²) in [5.41, 5.74) is 0.127. The summed E-state index contributed by atoms with van der Waals surface area (Å²) in [5.74, 6) is -0.531. The van der Waals surface area contributed by atoms with E-state index < -0.39 is 30.2 Å². The minimum absolute atomic E-state index is 0.221. The van der Waals surface area contributed by atoms with E-state index in [0.717, 1.165) is 18.0 Å². The van der Waals surface area contributed by atoms with Crippen molar-refractivity contribution in [3.63, 3.8) is 0 Å². The normalized spacial score (nSPS) is 11.9. The highest BCUT2D eigenvalue weighted by Crippen LogP contribution is 2.22. The third-order valence-corrected chi connectivity index (χ3v) is 4.04. The van der Waals surface area contributed by atoms with Crippen LogP contribution in [0.25, 0.3) is 22.3 Å². The number of hydrogen-bond acceptors (Lipinski definition) is 5. The van der Waals surface area contributed by atoms with Crippen LogP contribution in [-0.2, 0) is 6.54 Å². The van der Waals surface area contributed by atoms with Crippen LogP contribution in [0.1, 0.15) is 0 Å². The molecule has 4 aromatic rings. The Morgan fingerprint density at radius 3 is 2.59 bits per heavy atom. The SMILES string of the molecule is COc1nn(-c2ccc3nn(-c4cncc(F)c4)cc3c2)c(=O)n1CC(F)(F)F. The zero-order valence-corrected chi connectivity index (χ0v) is 14.8. The molecule has 4 rings (SSSR count). The smallest absolute Gasteiger partial charge is 0.406 e. The molecule has 0 radical (unpaired) electrons. The molecule has 0 aliphatic carbocycles. The van der Waals surface area contributed by atoms with E-state index in [-0.39, 0.29) is 5.69 Å². The van der Waals surface area contributed by atoms with Gasteiger partial charge in [-0.25, -0.2) is 18.4 Å². The van der Waals surface area contributed by atoms with Crippen molar-refractivity contribution in [2.24, 2.45) is 0 Å². The van der Waals surface area contributed by atoms with Gasteiger partial charge in [-0.1, -0.05) is 0 Å². The summed E-state index contributed by atoms with van der Waals surface area (Å²) in [4.78, 5) is 16.2. The van der Waals surface area contributed by atoms with E-state index >= 15 is 0 Å². The van der Waals surface area contributed by atoms with Gasteiger partial charge in [0.2, 0.25) is 0 Å². The van der Waals surface area contributed by atoms with Crippen molar-refractivity contribution in [3.05, 3.63) is 59.2 Å². The average molecular weight is 408 g/mol. The first-order valence-electron chi connectivity index (χ1n) is 8.16. The fraction of sp³-hybridized carbons (Fsp3) is 0.176. The number of aromatic nitrogens is 6. The molecule has 29 heavy (non-hydrogen) atoms. The highest BCUT2D eigenvalue weighted by atomic mass is 19.4. The van der Waals surface area contributed by atoms with Crippen LogP contribution in [0, 0.1) is 5.82 Å². The van der Waals surface area contributed by atoms with Crippen LogP contribution in [0.5, 0.6) is 6.01 Å². The standard InChI is InChI=1S/C17H12F4N6O2/c1-29-15-24-27(16(28)25(15)9-17(19,20)21)12-2-3-14-10(4-12)8-26(23-14)13-5-11(18)6-22-7-13/h2-8H,9H2,1H3. The Hall–Kier alpha value is -3.70. The van der Waals surface area contributed by atoms with Gasteiger partial charge in [-0.15, -0.1) is 5.10 Å². The van der Waals surface area contributed by atoms with Crippen molar-refractivity contribution in [2.45, 2.75) is 12.7 Å². The molecular formula is C17H12F4N6O2. The lowest BCUT2D eigenvalue weighted by Crippen LogP contribution is -2.29. The summed E-state index contributed by atoms with van der Waals surface area (Å²) in [7, 11) is 1.12. The Balaban J connectivity index is 1.78. The number of ether oxygens (including phenoxy) is 1. The summed E-state index contributed by atoms with van der Waals surface area (Å²) in [6.45, 7) is -1.53. The molecule has 0 fully saturated rings. The first-order chi connectivity index (χ1) is 13.7. The molecule has 0 N–H and O–H groups in total. The Morgan fingerprint density at radius 2 is 1.90 bits per heavy atom. The van der Waals surface area contributed by atoms with E-state index in [9.17, 15) is 22.4 Å². The molecule has 0 bridgehead atoms. The molecular weight excluding hydrogens is 396 g/mol. The molecule has 0 amide bonds. The van der Waals surface area contributed by atoms with Crippen LogP contribution in [0.3, 0.4) is 0 Å². The molecule has 150 valence electrons. The number of rotatable bonds is 4. The van der Waals surface area contributed by atoms with Crippen LogP contribution in [-0.4, -0.2) is 42.4 Å². The third kappa shape index (κ3) is 3.56. The second-order valence-corrected chi connectivity index (χ2v) is 6.06. The van der Waals surface area contributed by atoms with Gasteiger partial charge in [-0.3, -0.25) is 4.98 Å². The molecule has 3 aromatic heterocycles. The fourth-order valence-electron chi connectivity index (χ4n) is 2.82. The number of halogens is 4. The van der Waals surface area contributed by atoms with Crippen molar-refractivity contribution in [2.75, 3.05) is 7.11 Å². The Kier molecular flexibility index (Phi) is 4.32. The molecule has 1 aromatic carbocycles. The highest BCUT2D eigenvalue weighted by molar-refractivity contribution is 5.80. The summed E-state index contributed by atoms with van der Waals surface area (Å²) in [6.07, 6.45) is -0.564. The molecule has 0 atom stereocenters. The number of hydrogen-bond donors (Lipinski definition) is 0. The molecule has 0 saturated carbocycles. The van der Waals surface area contributed by atoms with Gasteiger partial charge in [0.05, 0.1) is 36.4 Å². The van der Waals surface area contributed by atoms with E-state index in [4.69, 9.17) is 4.74 Å². The van der Waals surface area contributed by atoms with Gasteiger partial charge in [0, 0.05) is 17.6 Å². The number of pyridine rings is 1. The van der Waals surface area contributed by atoms with Crippen LogP contribution < -0.4 is 10.4 Å². The van der Waals surface area contributed by atoms with E-state index in [2.05, 4.69) is 15.2 Å². The first-order valence-corrected chi connectivity index (χ1v) is 8.16. The Labute approximate surface area is 159 Å². The van der Waals surface area contributed by atoms with Crippen LogP contribution >= 0.6 is 0 Å². The zero-order chi connectivity index (χ0) is 20.8. The maximum absolute atomic E-state index is 13.4. The van der Waals surface area contributed by atoms with E-state index in [1.807, 2.05) is 0 Å². The molecule has 0 aliphatic rings. The Morgan fingerprint density at radius 1 is 1.10 bits per heavy atom. The van der Waals surface area contributed by atoms with Gasteiger partial charge in [0.25, 0.3) is 0 Å². The zero-order valence-electron chi connectivity index (χ0n) is 14.8. The van der Waals surface area contributed by atoms with Crippen molar-refractivity contribution < 1.29 is 22.3 Å². The molecule has 0 aliphatic heterocycles. The van der Waals surface area contributed by atoms with Crippen molar-refractivity contribution in [3.8, 4) is 17.4 Å². The second-order valence-electron chi connectivity index (χ2n) is 6.06. The highest BCUT2D eigenvalue weighted by Gasteiger charge is 2.32. The number of alkyl halides is 3. The van der Waals surface area contributed by atoms with Gasteiger partial charge >= 0.3 is 17.9 Å². The quantitative estimate of drug-likeness (QED) is 0.485. The van der Waals surface area contributed by atoms with Crippen LogP contribution in [0.2, 0.25) is 0 Å². The minimum atomic E-state index is -4.62. The maximum atomic E-state index is 13.4. The molecule has 0 saturated heterocycles. The lowest BCUT2D eigenvalue weighted by molar-refractivity contribution is -0.142. The van der Waals surface area contributed by atoms with Crippen molar-refractivity contribution in [1.82, 2.24) is 29.1 Å². The lowest BCUT2D eigenvalue weighted by Gasteiger charge is -2.07. The number of nitrogens with zero attached hydrogens (tertiary/aromatic N) is 6. The fourth-order valence-corrected chi connectivity index (χ4v) is 2.82. The summed E-state index contributed by atoms with van der Waals surface area (Å²) in [6, 6.07) is 5.35. The monoisotopic (exact) mass is 408 g/mol. The predicted molar refractivity (Wildman–Crippen MR) is 92.8 cm³/mol. The molecule has 8 nitrogen and oxygen atoms in total. The van der Waals surface area contributed by atoms with E-state index in [1.165, 1.54) is 29.1 Å². The lowest BCUT2D eigenvalue weighted by atomic mass is 10.2. The first kappa shape index (κ1) is 18.7. The molecule has 3 heterocycles. The van der Waals surface area contributed by atoms with Gasteiger partial charge in [0.15, 0.2) is 0 Å². The average Bonchev–Trinajstić information content (AvgIpc) is 3.22. The second kappa shape index (κ2) is 6.72. The summed E-state index contributed by atoms with van der Waals surface area (Å²) < 4.78 is 59.1. The number of benzene rings is 1. The van der Waals surface area contributed by atoms with Crippen molar-refractivity contribution in [1.29, 1.82) is 0 Å². The van der Waals surface area contributed by atoms with Gasteiger partial charge in [-0.05, 0) is 18.2 Å². The van der Waals surface area contributed by atoms with Crippen LogP contribution in [0.15, 0.2) is 47.7 Å². The molecule has 0 unspecified atom stereocenters. The largest absolute Gasteiger partial charge is 0.467 e. The topological polar surface area (TPSA) is 79.8 Å². The molecule has 12 heteroatoms. The number of methoxy groups -OCH3 is 1. The third-order valence-electron chi connectivity index (χ3n) is 4.04. The van der Waals surface area contributed by atoms with E-state index in [1.54, 1.807) is 12.3 Å².